The van der Waals surface area contributed by atoms with Crippen molar-refractivity contribution in [2.24, 2.45) is 0 Å². The van der Waals surface area contributed by atoms with E-state index in [2.05, 4.69) is 47.7 Å². The molecule has 2 saturated heterocycles. The van der Waals surface area contributed by atoms with Crippen molar-refractivity contribution in [3.63, 3.8) is 0 Å². The van der Waals surface area contributed by atoms with E-state index < -0.39 is 5.97 Å². The molecule has 1 amide bonds. The highest BCUT2D eigenvalue weighted by Gasteiger charge is 2.33. The van der Waals surface area contributed by atoms with Crippen LogP contribution < -0.4 is 5.32 Å². The van der Waals surface area contributed by atoms with E-state index in [-0.39, 0.29) is 17.4 Å². The zero-order valence-corrected chi connectivity index (χ0v) is 28.7. The van der Waals surface area contributed by atoms with E-state index >= 15 is 0 Å². The first-order valence-electron chi connectivity index (χ1n) is 16.5. The predicted octanol–water partition coefficient (Wildman–Crippen LogP) is 4.93. The summed E-state index contributed by atoms with van der Waals surface area (Å²) >= 11 is 0. The molecule has 6 heterocycles. The van der Waals surface area contributed by atoms with Gasteiger partial charge in [0.15, 0.2) is 0 Å². The molecule has 0 spiro atoms. The van der Waals surface area contributed by atoms with Gasteiger partial charge in [-0.1, -0.05) is 34.6 Å². The molecule has 15 heteroatoms. The Morgan fingerprint density at radius 3 is 1.68 bits per heavy atom. The summed E-state index contributed by atoms with van der Waals surface area (Å²) in [6.07, 6.45) is 3.20. The number of aromatic carboxylic acids is 1. The maximum absolute atomic E-state index is 12.7. The maximum atomic E-state index is 12.7. The first kappa shape index (κ1) is 35.7. The Balaban J connectivity index is 0.000000150. The minimum Gasteiger partial charge on any atom is -0.478 e. The zero-order valence-electron chi connectivity index (χ0n) is 28.7. The summed E-state index contributed by atoms with van der Waals surface area (Å²) in [5, 5.41) is 36.9. The van der Waals surface area contributed by atoms with Crippen LogP contribution in [-0.4, -0.2) is 78.3 Å². The number of pyridine rings is 2. The number of benzene rings is 2. The van der Waals surface area contributed by atoms with Gasteiger partial charge in [-0.05, 0) is 48.5 Å². The number of rotatable bonds is 6. The normalized spacial score (nSPS) is 13.5. The van der Waals surface area contributed by atoms with E-state index in [1.807, 2.05) is 30.3 Å². The van der Waals surface area contributed by atoms with Crippen molar-refractivity contribution in [2.75, 3.05) is 26.2 Å². The van der Waals surface area contributed by atoms with Crippen LogP contribution in [0.3, 0.4) is 0 Å². The third kappa shape index (κ3) is 8.80. The quantitative estimate of drug-likeness (QED) is 0.234. The van der Waals surface area contributed by atoms with Gasteiger partial charge in [0.05, 0.1) is 16.7 Å². The molecule has 53 heavy (non-hydrogen) atoms. The Labute approximate surface area is 303 Å². The van der Waals surface area contributed by atoms with E-state index in [9.17, 15) is 9.59 Å². The molecule has 2 N–H and O–H groups in total. The average molecular weight is 709 g/mol. The van der Waals surface area contributed by atoms with E-state index in [1.54, 1.807) is 61.5 Å². The van der Waals surface area contributed by atoms with Crippen LogP contribution in [0.1, 0.15) is 66.8 Å². The summed E-state index contributed by atoms with van der Waals surface area (Å²) in [4.78, 5) is 41.9. The molecule has 6 aromatic rings. The molecule has 2 aliphatic heterocycles. The standard InChI is InChI=1S/C19H15N5O2.C10H8N2O3.C9H9N3/c1-12-22-18(23-26-12)14-3-2-4-15(7-14)19(25)24-10-16(11-24)17-6-5-13(8-20)9-21-17;1-6-11-9(12-15-6)7-3-2-4-8(5-7)10(13)14;10-3-7-1-2-9(12-4-7)8-5-11-6-8/h2-7,9,16H,10-11H2,1H3;2-5H,1H3,(H,13,14);1-2,4,8,11H,5-6H2. The summed E-state index contributed by atoms with van der Waals surface area (Å²) < 4.78 is 9.81. The van der Waals surface area contributed by atoms with Crippen molar-refractivity contribution in [3.05, 3.63) is 131 Å². The number of aromatic nitrogens is 6. The van der Waals surface area contributed by atoms with Crippen LogP contribution in [0.25, 0.3) is 22.8 Å². The highest BCUT2D eigenvalue weighted by Crippen LogP contribution is 2.28. The van der Waals surface area contributed by atoms with Gasteiger partial charge in [-0.25, -0.2) is 4.79 Å². The fraction of sp³-hybridized carbons (Fsp3) is 0.211. The molecule has 2 aliphatic rings. The van der Waals surface area contributed by atoms with Crippen LogP contribution in [0, 0.1) is 36.5 Å². The smallest absolute Gasteiger partial charge is 0.335 e. The largest absolute Gasteiger partial charge is 0.478 e. The molecule has 0 bridgehead atoms. The topological polar surface area (TPSA) is 221 Å². The van der Waals surface area contributed by atoms with Crippen LogP contribution >= 0.6 is 0 Å². The molecule has 15 nitrogen and oxygen atoms in total. The van der Waals surface area contributed by atoms with Crippen LogP contribution in [0.2, 0.25) is 0 Å². The molecule has 0 unspecified atom stereocenters. The number of carboxylic acids is 1. The van der Waals surface area contributed by atoms with Gasteiger partial charge in [-0.2, -0.15) is 20.5 Å². The molecular formula is C38H32N10O5. The summed E-state index contributed by atoms with van der Waals surface area (Å²) in [6.45, 7) is 6.66. The van der Waals surface area contributed by atoms with E-state index in [0.29, 0.717) is 64.7 Å². The number of amides is 1. The Bertz CT molecular complexity index is 2300. The molecule has 264 valence electrons. The predicted molar refractivity (Wildman–Crippen MR) is 188 cm³/mol. The molecule has 0 saturated carbocycles. The third-order valence-electron chi connectivity index (χ3n) is 8.41. The highest BCUT2D eigenvalue weighted by atomic mass is 16.5. The number of hydrogen-bond acceptors (Lipinski definition) is 13. The minimum atomic E-state index is -0.975. The summed E-state index contributed by atoms with van der Waals surface area (Å²) in [7, 11) is 0. The summed E-state index contributed by atoms with van der Waals surface area (Å²) in [6, 6.07) is 25.1. The fourth-order valence-electron chi connectivity index (χ4n) is 5.35. The monoisotopic (exact) mass is 708 g/mol. The van der Waals surface area contributed by atoms with Crippen LogP contribution in [0.15, 0.2) is 94.2 Å². The lowest BCUT2D eigenvalue weighted by molar-refractivity contribution is 0.0598. The van der Waals surface area contributed by atoms with Crippen LogP contribution in [-0.2, 0) is 0 Å². The van der Waals surface area contributed by atoms with Gasteiger partial charge in [0, 0.05) is 92.3 Å². The lowest BCUT2D eigenvalue weighted by Gasteiger charge is -2.39. The average Bonchev–Trinajstić information content (AvgIpc) is 3.79. The number of carbonyl (C=O) groups is 2. The Morgan fingerprint density at radius 2 is 1.26 bits per heavy atom. The Morgan fingerprint density at radius 1 is 0.755 bits per heavy atom. The van der Waals surface area contributed by atoms with Gasteiger partial charge >= 0.3 is 5.97 Å². The van der Waals surface area contributed by atoms with Crippen LogP contribution in [0.4, 0.5) is 0 Å². The van der Waals surface area contributed by atoms with Crippen LogP contribution in [0.5, 0.6) is 0 Å². The van der Waals surface area contributed by atoms with Crippen molar-refractivity contribution >= 4 is 11.9 Å². The van der Waals surface area contributed by atoms with E-state index in [4.69, 9.17) is 24.7 Å². The lowest BCUT2D eigenvalue weighted by atomic mass is 9.94. The summed E-state index contributed by atoms with van der Waals surface area (Å²) in [5.41, 5.74) is 5.34. The van der Waals surface area contributed by atoms with E-state index in [1.165, 1.54) is 12.1 Å². The summed E-state index contributed by atoms with van der Waals surface area (Å²) in [5.74, 6) is 1.56. The van der Waals surface area contributed by atoms with Crippen molar-refractivity contribution in [2.45, 2.75) is 25.7 Å². The number of carbonyl (C=O) groups excluding carboxylic acids is 1. The molecule has 8 rings (SSSR count). The lowest BCUT2D eigenvalue weighted by Crippen LogP contribution is -2.48. The molecule has 0 radical (unpaired) electrons. The van der Waals surface area contributed by atoms with Crippen molar-refractivity contribution in [1.29, 1.82) is 10.5 Å². The molecule has 2 fully saturated rings. The SMILES string of the molecule is Cc1nc(-c2cccc(C(=O)N3CC(c4ccc(C#N)cn4)C3)c2)no1.Cc1nc(-c2cccc(C(=O)O)c2)no1.N#Cc1ccc(C2CNC2)nc1. The van der Waals surface area contributed by atoms with Gasteiger partial charge in [-0.3, -0.25) is 14.8 Å². The van der Waals surface area contributed by atoms with Gasteiger partial charge in [0.25, 0.3) is 5.91 Å². The number of likely N-dealkylation sites (tertiary alicyclic amines) is 1. The molecule has 2 aromatic carbocycles. The first-order chi connectivity index (χ1) is 25.7. The number of hydrogen-bond donors (Lipinski definition) is 2. The van der Waals surface area contributed by atoms with Gasteiger partial charge < -0.3 is 24.4 Å². The van der Waals surface area contributed by atoms with Crippen molar-refractivity contribution < 1.29 is 23.7 Å². The van der Waals surface area contributed by atoms with E-state index in [0.717, 1.165) is 30.0 Å². The van der Waals surface area contributed by atoms with Gasteiger partial charge in [0.1, 0.15) is 12.1 Å². The molecule has 4 aromatic heterocycles. The Hall–Kier alpha value is -7.10. The van der Waals surface area contributed by atoms with Gasteiger partial charge in [-0.15, -0.1) is 0 Å². The number of nitriles is 2. The van der Waals surface area contributed by atoms with Crippen molar-refractivity contribution in [3.8, 4) is 34.9 Å². The minimum absolute atomic E-state index is 0.0306. The second kappa shape index (κ2) is 16.3. The number of nitrogens with one attached hydrogen (secondary N) is 1. The maximum Gasteiger partial charge on any atom is 0.335 e. The fourth-order valence-corrected chi connectivity index (χ4v) is 5.35. The second-order valence-electron chi connectivity index (χ2n) is 12.2. The molecule has 0 atom stereocenters. The Kier molecular flexibility index (Phi) is 11.0. The second-order valence-corrected chi connectivity index (χ2v) is 12.2. The third-order valence-corrected chi connectivity index (χ3v) is 8.41. The number of carboxylic acid groups (broad SMARTS) is 1. The molecular weight excluding hydrogens is 676 g/mol. The highest BCUT2D eigenvalue weighted by molar-refractivity contribution is 5.96. The zero-order chi connectivity index (χ0) is 37.3. The van der Waals surface area contributed by atoms with Crippen molar-refractivity contribution in [1.82, 2.24) is 40.5 Å². The number of nitrogens with zero attached hydrogens (tertiary/aromatic N) is 9. The molecule has 0 aliphatic carbocycles. The van der Waals surface area contributed by atoms with Gasteiger partial charge in [0.2, 0.25) is 23.4 Å². The first-order valence-corrected chi connectivity index (χ1v) is 16.5. The number of aryl methyl sites for hydroxylation is 2.